The number of carbonyl (C=O) groups excluding carboxylic acids is 2. The highest BCUT2D eigenvalue weighted by atomic mass is 16.5. The van der Waals surface area contributed by atoms with Crippen molar-refractivity contribution in [2.24, 2.45) is 16.8 Å². The fraction of sp³-hybridized carbons (Fsp3) is 0.550. The lowest BCUT2D eigenvalue weighted by Gasteiger charge is -2.32. The molecule has 1 aromatic rings. The highest BCUT2D eigenvalue weighted by Crippen LogP contribution is 2.25. The van der Waals surface area contributed by atoms with Crippen molar-refractivity contribution < 1.29 is 14.3 Å². The second-order valence-corrected chi connectivity index (χ2v) is 7.17. The lowest BCUT2D eigenvalue weighted by molar-refractivity contribution is -0.132. The molecule has 2 aliphatic rings. The number of nitrogens with one attached hydrogen (secondary N) is 1. The molecule has 1 aliphatic heterocycles. The van der Waals surface area contributed by atoms with Gasteiger partial charge in [-0.2, -0.15) is 5.10 Å². The van der Waals surface area contributed by atoms with Crippen LogP contribution in [-0.4, -0.2) is 54.9 Å². The van der Waals surface area contributed by atoms with Crippen LogP contribution in [0.1, 0.15) is 37.7 Å². The molecule has 27 heavy (non-hydrogen) atoms. The molecule has 0 unspecified atom stereocenters. The molecule has 1 aromatic carbocycles. The van der Waals surface area contributed by atoms with Crippen LogP contribution in [-0.2, 0) is 14.3 Å². The Hall–Kier alpha value is -2.25. The molecule has 0 aromatic heterocycles. The Morgan fingerprint density at radius 1 is 1.30 bits per heavy atom. The van der Waals surface area contributed by atoms with E-state index in [4.69, 9.17) is 10.5 Å². The van der Waals surface area contributed by atoms with Crippen LogP contribution in [0.15, 0.2) is 35.4 Å². The van der Waals surface area contributed by atoms with Gasteiger partial charge in [0, 0.05) is 38.5 Å². The summed E-state index contributed by atoms with van der Waals surface area (Å²) in [7, 11) is 1.66. The van der Waals surface area contributed by atoms with Crippen molar-refractivity contribution in [2.75, 3.05) is 20.2 Å². The van der Waals surface area contributed by atoms with Gasteiger partial charge in [-0.1, -0.05) is 30.3 Å². The summed E-state index contributed by atoms with van der Waals surface area (Å²) in [6.07, 6.45) is 3.32. The van der Waals surface area contributed by atoms with E-state index in [1.165, 1.54) is 5.01 Å². The molecule has 0 radical (unpaired) electrons. The molecule has 7 nitrogen and oxygen atoms in total. The van der Waals surface area contributed by atoms with Gasteiger partial charge >= 0.3 is 0 Å². The predicted molar refractivity (Wildman–Crippen MR) is 103 cm³/mol. The lowest BCUT2D eigenvalue weighted by Crippen LogP contribution is -2.46. The Kier molecular flexibility index (Phi) is 6.58. The molecule has 1 fully saturated rings. The number of nitrogens with zero attached hydrogens (tertiary/aromatic N) is 2. The second-order valence-electron chi connectivity index (χ2n) is 7.17. The maximum Gasteiger partial charge on any atom is 0.243 e. The average molecular weight is 372 g/mol. The summed E-state index contributed by atoms with van der Waals surface area (Å²) >= 11 is 0. The summed E-state index contributed by atoms with van der Waals surface area (Å²) in [6.45, 7) is 0.760. The SMILES string of the molecule is CO[C@@H]1CC[C@H](C(=O)NCCN2N=C(c3ccccc3)CCC2=O)C[C@H]1N. The van der Waals surface area contributed by atoms with E-state index in [-0.39, 0.29) is 29.9 Å². The average Bonchev–Trinajstić information content (AvgIpc) is 2.70. The maximum atomic E-state index is 12.4. The molecule has 1 saturated carbocycles. The van der Waals surface area contributed by atoms with E-state index in [0.29, 0.717) is 32.4 Å². The Labute approximate surface area is 159 Å². The molecule has 2 amide bonds. The van der Waals surface area contributed by atoms with Gasteiger partial charge in [0.15, 0.2) is 0 Å². The monoisotopic (exact) mass is 372 g/mol. The van der Waals surface area contributed by atoms with Crippen molar-refractivity contribution in [2.45, 2.75) is 44.2 Å². The van der Waals surface area contributed by atoms with Gasteiger partial charge in [-0.25, -0.2) is 5.01 Å². The van der Waals surface area contributed by atoms with Gasteiger partial charge in [-0.15, -0.1) is 0 Å². The Morgan fingerprint density at radius 2 is 2.07 bits per heavy atom. The van der Waals surface area contributed by atoms with Crippen molar-refractivity contribution in [3.05, 3.63) is 35.9 Å². The topological polar surface area (TPSA) is 97.0 Å². The van der Waals surface area contributed by atoms with Crippen LogP contribution in [0.25, 0.3) is 0 Å². The number of benzene rings is 1. The first-order valence-corrected chi connectivity index (χ1v) is 9.58. The molecule has 3 atom stereocenters. The highest BCUT2D eigenvalue weighted by molar-refractivity contribution is 6.04. The number of nitrogens with two attached hydrogens (primary N) is 1. The Balaban J connectivity index is 1.50. The first kappa shape index (κ1) is 19.5. The van der Waals surface area contributed by atoms with Gasteiger partial charge in [0.25, 0.3) is 0 Å². The predicted octanol–water partition coefficient (Wildman–Crippen LogP) is 1.27. The van der Waals surface area contributed by atoms with Crippen LogP contribution in [0.5, 0.6) is 0 Å². The van der Waals surface area contributed by atoms with E-state index in [1.54, 1.807) is 7.11 Å². The van der Waals surface area contributed by atoms with E-state index < -0.39 is 0 Å². The number of methoxy groups -OCH3 is 1. The Bertz CT molecular complexity index is 692. The minimum atomic E-state index is -0.110. The zero-order chi connectivity index (χ0) is 19.2. The summed E-state index contributed by atoms with van der Waals surface area (Å²) in [4.78, 5) is 24.5. The number of amides is 2. The first-order chi connectivity index (χ1) is 13.1. The van der Waals surface area contributed by atoms with Crippen LogP contribution in [0.3, 0.4) is 0 Å². The van der Waals surface area contributed by atoms with Gasteiger partial charge in [-0.3, -0.25) is 9.59 Å². The molecule has 0 saturated heterocycles. The molecule has 3 rings (SSSR count). The third kappa shape index (κ3) is 4.93. The fourth-order valence-electron chi connectivity index (χ4n) is 3.75. The van der Waals surface area contributed by atoms with Crippen LogP contribution >= 0.6 is 0 Å². The molecule has 3 N–H and O–H groups in total. The molecule has 0 bridgehead atoms. The number of rotatable bonds is 6. The minimum absolute atomic E-state index is 0.00303. The third-order valence-corrected chi connectivity index (χ3v) is 5.34. The summed E-state index contributed by atoms with van der Waals surface area (Å²) in [6, 6.07) is 9.75. The lowest BCUT2D eigenvalue weighted by atomic mass is 9.83. The number of hydrogen-bond acceptors (Lipinski definition) is 5. The van der Waals surface area contributed by atoms with Crippen molar-refractivity contribution in [3.63, 3.8) is 0 Å². The summed E-state index contributed by atoms with van der Waals surface area (Å²) in [5.74, 6) is -0.102. The first-order valence-electron chi connectivity index (χ1n) is 9.58. The number of carbonyl (C=O) groups is 2. The molecule has 1 aliphatic carbocycles. The standard InChI is InChI=1S/C20H28N4O3/c1-27-18-9-7-15(13-16(18)21)20(26)22-11-12-24-19(25)10-8-17(23-24)14-5-3-2-4-6-14/h2-6,15-16,18H,7-13,21H2,1H3,(H,22,26)/t15-,16+,18+/m0/s1. The second kappa shape index (κ2) is 9.10. The van der Waals surface area contributed by atoms with E-state index in [2.05, 4.69) is 10.4 Å². The number of hydrogen-bond donors (Lipinski definition) is 2. The van der Waals surface area contributed by atoms with Gasteiger partial charge in [0.05, 0.1) is 18.4 Å². The Morgan fingerprint density at radius 3 is 2.78 bits per heavy atom. The minimum Gasteiger partial charge on any atom is -0.380 e. The molecule has 0 spiro atoms. The van der Waals surface area contributed by atoms with Gasteiger partial charge in [0.2, 0.25) is 11.8 Å². The molecule has 1 heterocycles. The van der Waals surface area contributed by atoms with E-state index in [9.17, 15) is 9.59 Å². The zero-order valence-electron chi connectivity index (χ0n) is 15.8. The largest absolute Gasteiger partial charge is 0.380 e. The van der Waals surface area contributed by atoms with Crippen LogP contribution in [0.2, 0.25) is 0 Å². The quantitative estimate of drug-likeness (QED) is 0.786. The highest BCUT2D eigenvalue weighted by Gasteiger charge is 2.31. The normalized spacial score (nSPS) is 25.9. The van der Waals surface area contributed by atoms with E-state index >= 15 is 0 Å². The van der Waals surface area contributed by atoms with Crippen molar-refractivity contribution in [3.8, 4) is 0 Å². The van der Waals surface area contributed by atoms with Gasteiger partial charge in [-0.05, 0) is 24.8 Å². The van der Waals surface area contributed by atoms with Crippen LogP contribution in [0, 0.1) is 5.92 Å². The van der Waals surface area contributed by atoms with Crippen molar-refractivity contribution in [1.29, 1.82) is 0 Å². The van der Waals surface area contributed by atoms with Crippen molar-refractivity contribution in [1.82, 2.24) is 10.3 Å². The number of ether oxygens (including phenoxy) is 1. The van der Waals surface area contributed by atoms with Crippen molar-refractivity contribution >= 4 is 17.5 Å². The van der Waals surface area contributed by atoms with Gasteiger partial charge in [0.1, 0.15) is 0 Å². The smallest absolute Gasteiger partial charge is 0.243 e. The zero-order valence-corrected chi connectivity index (χ0v) is 15.8. The van der Waals surface area contributed by atoms with E-state index in [0.717, 1.165) is 24.1 Å². The summed E-state index contributed by atoms with van der Waals surface area (Å²) in [5.41, 5.74) is 8.01. The summed E-state index contributed by atoms with van der Waals surface area (Å²) in [5, 5.41) is 8.89. The molecule has 146 valence electrons. The van der Waals surface area contributed by atoms with Crippen LogP contribution < -0.4 is 11.1 Å². The molecular formula is C20H28N4O3. The number of hydrazone groups is 1. The molecule has 7 heteroatoms. The van der Waals surface area contributed by atoms with Gasteiger partial charge < -0.3 is 15.8 Å². The maximum absolute atomic E-state index is 12.4. The van der Waals surface area contributed by atoms with Crippen LogP contribution in [0.4, 0.5) is 0 Å². The fourth-order valence-corrected chi connectivity index (χ4v) is 3.75. The molecular weight excluding hydrogens is 344 g/mol. The summed E-state index contributed by atoms with van der Waals surface area (Å²) < 4.78 is 5.33. The third-order valence-electron chi connectivity index (χ3n) is 5.34. The van der Waals surface area contributed by atoms with E-state index in [1.807, 2.05) is 30.3 Å².